The number of nitrogens with zero attached hydrogens (tertiary/aromatic N) is 2. The van der Waals surface area contributed by atoms with Crippen LogP contribution in [0.3, 0.4) is 0 Å². The zero-order valence-corrected chi connectivity index (χ0v) is 11.6. The Labute approximate surface area is 123 Å². The first-order valence-electron chi connectivity index (χ1n) is 6.78. The third kappa shape index (κ3) is 3.58. The maximum Gasteiger partial charge on any atom is 0.256 e. The van der Waals surface area contributed by atoms with E-state index in [0.717, 1.165) is 12.8 Å². The number of hydrogen-bond donors (Lipinski definition) is 2. The predicted octanol–water partition coefficient (Wildman–Crippen LogP) is -0.0946. The molecule has 1 fully saturated rings. The van der Waals surface area contributed by atoms with Gasteiger partial charge in [0.1, 0.15) is 12.6 Å². The zero-order chi connectivity index (χ0) is 15.2. The number of pyridine rings is 1. The molecule has 6 heteroatoms. The lowest BCUT2D eigenvalue weighted by Gasteiger charge is -2.33. The zero-order valence-electron chi connectivity index (χ0n) is 11.6. The molecule has 1 aromatic rings. The van der Waals surface area contributed by atoms with Crippen LogP contribution in [-0.2, 0) is 4.79 Å². The van der Waals surface area contributed by atoms with Crippen molar-refractivity contribution >= 4 is 11.8 Å². The fourth-order valence-electron chi connectivity index (χ4n) is 2.40. The summed E-state index contributed by atoms with van der Waals surface area (Å²) in [6, 6.07) is 1.04. The van der Waals surface area contributed by atoms with Crippen LogP contribution in [0.15, 0.2) is 18.5 Å². The molecular formula is C15H17N3O3. The average Bonchev–Trinajstić information content (AvgIpc) is 2.52. The van der Waals surface area contributed by atoms with Gasteiger partial charge in [-0.25, -0.2) is 0 Å². The number of hydrogen-bond acceptors (Lipinski definition) is 4. The van der Waals surface area contributed by atoms with Gasteiger partial charge in [-0.05, 0) is 25.3 Å². The third-order valence-corrected chi connectivity index (χ3v) is 3.39. The van der Waals surface area contributed by atoms with E-state index >= 15 is 0 Å². The lowest BCUT2D eigenvalue weighted by Crippen LogP contribution is -2.50. The van der Waals surface area contributed by atoms with Crippen molar-refractivity contribution < 1.29 is 14.7 Å². The van der Waals surface area contributed by atoms with Crippen molar-refractivity contribution in [3.8, 4) is 11.8 Å². The minimum atomic E-state index is -0.557. The van der Waals surface area contributed by atoms with Crippen LogP contribution in [0.4, 0.5) is 0 Å². The van der Waals surface area contributed by atoms with Crippen molar-refractivity contribution in [3.05, 3.63) is 29.6 Å². The molecule has 21 heavy (non-hydrogen) atoms. The number of aliphatic hydroxyl groups is 1. The summed E-state index contributed by atoms with van der Waals surface area (Å²) < 4.78 is 0. The monoisotopic (exact) mass is 287 g/mol. The highest BCUT2D eigenvalue weighted by Gasteiger charge is 2.31. The number of carbonyl (C=O) groups excluding carboxylic acids is 2. The van der Waals surface area contributed by atoms with Crippen LogP contribution in [0.2, 0.25) is 0 Å². The van der Waals surface area contributed by atoms with Gasteiger partial charge in [0.15, 0.2) is 0 Å². The fraction of sp³-hybridized carbons (Fsp3) is 0.400. The number of amides is 2. The highest BCUT2D eigenvalue weighted by atomic mass is 16.2. The molecule has 1 unspecified atom stereocenters. The second-order valence-corrected chi connectivity index (χ2v) is 4.83. The van der Waals surface area contributed by atoms with Crippen molar-refractivity contribution in [1.29, 1.82) is 0 Å². The fourth-order valence-corrected chi connectivity index (χ4v) is 2.40. The molecule has 0 saturated carbocycles. The molecule has 1 saturated heterocycles. The third-order valence-electron chi connectivity index (χ3n) is 3.39. The summed E-state index contributed by atoms with van der Waals surface area (Å²) in [4.78, 5) is 29.5. The molecule has 0 spiro atoms. The molecule has 2 heterocycles. The molecule has 0 bridgehead atoms. The number of aromatic nitrogens is 1. The number of aliphatic hydroxyl groups excluding tert-OH is 1. The van der Waals surface area contributed by atoms with E-state index in [-0.39, 0.29) is 12.5 Å². The number of primary amides is 1. The van der Waals surface area contributed by atoms with E-state index in [0.29, 0.717) is 24.1 Å². The van der Waals surface area contributed by atoms with Gasteiger partial charge in [0.05, 0.1) is 5.56 Å². The van der Waals surface area contributed by atoms with E-state index in [9.17, 15) is 9.59 Å². The minimum Gasteiger partial charge on any atom is -0.384 e. The van der Waals surface area contributed by atoms with Crippen LogP contribution < -0.4 is 5.73 Å². The van der Waals surface area contributed by atoms with E-state index < -0.39 is 11.9 Å². The van der Waals surface area contributed by atoms with Crippen LogP contribution in [0, 0.1) is 11.8 Å². The Morgan fingerprint density at radius 1 is 1.43 bits per heavy atom. The molecule has 1 aliphatic heterocycles. The quantitative estimate of drug-likeness (QED) is 0.743. The van der Waals surface area contributed by atoms with Crippen molar-refractivity contribution in [2.45, 2.75) is 25.3 Å². The summed E-state index contributed by atoms with van der Waals surface area (Å²) in [7, 11) is 0. The number of likely N-dealkylation sites (tertiary alicyclic amines) is 1. The standard InChI is InChI=1S/C15H17N3O3/c16-14(20)13-5-1-2-6-18(13)15(21)12-8-11(4-3-7-19)9-17-10-12/h8-10,13,19H,1-2,5-7H2,(H2,16,20). The highest BCUT2D eigenvalue weighted by Crippen LogP contribution is 2.19. The van der Waals surface area contributed by atoms with E-state index in [1.54, 1.807) is 6.07 Å². The maximum absolute atomic E-state index is 12.5. The first-order valence-corrected chi connectivity index (χ1v) is 6.78. The molecule has 6 nitrogen and oxygen atoms in total. The van der Waals surface area contributed by atoms with Crippen LogP contribution in [-0.4, -0.2) is 46.0 Å². The van der Waals surface area contributed by atoms with Gasteiger partial charge in [-0.15, -0.1) is 0 Å². The number of rotatable bonds is 2. The summed E-state index contributed by atoms with van der Waals surface area (Å²) in [5.74, 6) is 4.46. The van der Waals surface area contributed by atoms with E-state index in [4.69, 9.17) is 10.8 Å². The van der Waals surface area contributed by atoms with Gasteiger partial charge < -0.3 is 15.7 Å². The van der Waals surface area contributed by atoms with Crippen molar-refractivity contribution in [2.24, 2.45) is 5.73 Å². The van der Waals surface area contributed by atoms with Crippen LogP contribution in [0.1, 0.15) is 35.2 Å². The normalized spacial score (nSPS) is 17.8. The summed E-state index contributed by atoms with van der Waals surface area (Å²) in [6.45, 7) is 0.257. The molecule has 110 valence electrons. The van der Waals surface area contributed by atoms with E-state index in [1.807, 2.05) is 0 Å². The first-order chi connectivity index (χ1) is 10.1. The Bertz CT molecular complexity index is 604. The Balaban J connectivity index is 2.24. The summed E-state index contributed by atoms with van der Waals surface area (Å²) >= 11 is 0. The Kier molecular flexibility index (Phi) is 4.90. The van der Waals surface area contributed by atoms with Crippen molar-refractivity contribution in [2.75, 3.05) is 13.2 Å². The molecule has 3 N–H and O–H groups in total. The molecular weight excluding hydrogens is 270 g/mol. The Hall–Kier alpha value is -2.39. The Morgan fingerprint density at radius 2 is 2.24 bits per heavy atom. The SMILES string of the molecule is NC(=O)C1CCCCN1C(=O)c1cncc(C#CCO)c1. The first kappa shape index (κ1) is 15.0. The van der Waals surface area contributed by atoms with Gasteiger partial charge in [0.2, 0.25) is 5.91 Å². The predicted molar refractivity (Wildman–Crippen MR) is 76.1 cm³/mol. The second kappa shape index (κ2) is 6.86. The average molecular weight is 287 g/mol. The molecule has 0 aromatic carbocycles. The van der Waals surface area contributed by atoms with E-state index in [1.165, 1.54) is 17.3 Å². The van der Waals surface area contributed by atoms with Gasteiger partial charge in [-0.2, -0.15) is 0 Å². The molecule has 1 aromatic heterocycles. The smallest absolute Gasteiger partial charge is 0.256 e. The summed E-state index contributed by atoms with van der Waals surface area (Å²) in [5, 5.41) is 8.69. The van der Waals surface area contributed by atoms with Crippen LogP contribution >= 0.6 is 0 Å². The molecule has 1 atom stereocenters. The lowest BCUT2D eigenvalue weighted by molar-refractivity contribution is -0.123. The van der Waals surface area contributed by atoms with E-state index in [2.05, 4.69) is 16.8 Å². The Morgan fingerprint density at radius 3 is 2.95 bits per heavy atom. The summed E-state index contributed by atoms with van der Waals surface area (Å²) in [6.07, 6.45) is 5.30. The highest BCUT2D eigenvalue weighted by molar-refractivity contribution is 5.97. The van der Waals surface area contributed by atoms with Gasteiger partial charge in [-0.1, -0.05) is 11.8 Å². The van der Waals surface area contributed by atoms with Gasteiger partial charge in [0.25, 0.3) is 5.91 Å². The number of piperidine rings is 1. The molecule has 0 aliphatic carbocycles. The van der Waals surface area contributed by atoms with Gasteiger partial charge in [0, 0.05) is 24.5 Å². The topological polar surface area (TPSA) is 96.5 Å². The molecule has 1 aliphatic rings. The maximum atomic E-state index is 12.5. The largest absolute Gasteiger partial charge is 0.384 e. The number of carbonyl (C=O) groups is 2. The van der Waals surface area contributed by atoms with Crippen molar-refractivity contribution in [1.82, 2.24) is 9.88 Å². The lowest BCUT2D eigenvalue weighted by atomic mass is 10.0. The molecule has 0 radical (unpaired) electrons. The van der Waals surface area contributed by atoms with Crippen LogP contribution in [0.5, 0.6) is 0 Å². The van der Waals surface area contributed by atoms with Gasteiger partial charge in [-0.3, -0.25) is 14.6 Å². The van der Waals surface area contributed by atoms with Crippen LogP contribution in [0.25, 0.3) is 0 Å². The molecule has 2 amide bonds. The van der Waals surface area contributed by atoms with Gasteiger partial charge >= 0.3 is 0 Å². The van der Waals surface area contributed by atoms with Crippen molar-refractivity contribution in [3.63, 3.8) is 0 Å². The molecule has 2 rings (SSSR count). The number of nitrogens with two attached hydrogens (primary N) is 1. The summed E-state index contributed by atoms with van der Waals surface area (Å²) in [5.41, 5.74) is 6.28. The second-order valence-electron chi connectivity index (χ2n) is 4.83. The minimum absolute atomic E-state index is 0.256.